The maximum atomic E-state index is 12.3. The largest absolute Gasteiger partial charge is 0.289 e. The van der Waals surface area contributed by atoms with Crippen molar-refractivity contribution < 1.29 is 17.6 Å². The fourth-order valence-electron chi connectivity index (χ4n) is 4.13. The molecule has 54 heavy (non-hydrogen) atoms. The third-order valence-corrected chi connectivity index (χ3v) is 7.46. The molecule has 0 spiro atoms. The first-order valence-electron chi connectivity index (χ1n) is 17.8. The van der Waals surface area contributed by atoms with Gasteiger partial charge in [0.25, 0.3) is 0 Å². The Morgan fingerprint density at radius 1 is 0.370 bits per heavy atom. The lowest BCUT2D eigenvalue weighted by Crippen LogP contribution is -1.80. The van der Waals surface area contributed by atoms with Gasteiger partial charge in [-0.05, 0) is 126 Å². The number of hydrogen-bond donors (Lipinski definition) is 0. The van der Waals surface area contributed by atoms with Crippen molar-refractivity contribution in [1.29, 1.82) is 0 Å². The molecule has 284 valence electrons. The van der Waals surface area contributed by atoms with E-state index in [0.29, 0.717) is 11.1 Å². The van der Waals surface area contributed by atoms with Gasteiger partial charge >= 0.3 is 0 Å². The summed E-state index contributed by atoms with van der Waals surface area (Å²) >= 11 is 0. The molecule has 6 aromatic rings. The maximum absolute atomic E-state index is 12.3. The molecule has 5 heteroatoms. The van der Waals surface area contributed by atoms with E-state index >= 15 is 0 Å². The molecular weight excluding hydrogens is 679 g/mol. The highest BCUT2D eigenvalue weighted by atomic mass is 19.1. The fraction of sp³-hybridized carbons (Fsp3) is 0.204. The van der Waals surface area contributed by atoms with Gasteiger partial charge in [0.05, 0.1) is 6.54 Å². The van der Waals surface area contributed by atoms with Crippen molar-refractivity contribution in [2.75, 3.05) is 6.54 Å². The van der Waals surface area contributed by atoms with Crippen LogP contribution in [0.15, 0.2) is 162 Å². The van der Waals surface area contributed by atoms with Crippen LogP contribution in [0, 0.1) is 78.7 Å². The van der Waals surface area contributed by atoms with E-state index in [-0.39, 0.29) is 11.6 Å². The predicted octanol–water partition coefficient (Wildman–Crippen LogP) is 14.2. The fourth-order valence-corrected chi connectivity index (χ4v) is 4.13. The molecule has 7 rings (SSSR count). The van der Waals surface area contributed by atoms with E-state index in [1.54, 1.807) is 32.0 Å². The van der Waals surface area contributed by atoms with Gasteiger partial charge in [0.1, 0.15) is 23.3 Å². The monoisotopic (exact) mass is 733 g/mol. The first kappa shape index (κ1) is 46.5. The van der Waals surface area contributed by atoms with E-state index in [4.69, 9.17) is 0 Å². The summed E-state index contributed by atoms with van der Waals surface area (Å²) < 4.78 is 48.9. The Morgan fingerprint density at radius 3 is 1.07 bits per heavy atom. The van der Waals surface area contributed by atoms with Gasteiger partial charge in [0, 0.05) is 12.3 Å². The van der Waals surface area contributed by atoms with Crippen molar-refractivity contribution in [2.24, 2.45) is 4.99 Å². The summed E-state index contributed by atoms with van der Waals surface area (Å²) in [6, 6.07) is 43.7. The van der Waals surface area contributed by atoms with Gasteiger partial charge in [0.2, 0.25) is 0 Å². The molecule has 0 amide bonds. The third-order valence-electron chi connectivity index (χ3n) is 7.46. The Hall–Kier alpha value is -5.55. The zero-order valence-corrected chi connectivity index (χ0v) is 33.2. The lowest BCUT2D eigenvalue weighted by Gasteiger charge is -1.93. The highest BCUT2D eigenvalue weighted by Gasteiger charge is 1.94. The zero-order chi connectivity index (χ0) is 40.3. The average molecular weight is 734 g/mol. The second kappa shape index (κ2) is 27.1. The van der Waals surface area contributed by atoms with E-state index in [0.717, 1.165) is 18.2 Å². The Bertz CT molecular complexity index is 1790. The van der Waals surface area contributed by atoms with Gasteiger partial charge in [-0.1, -0.05) is 132 Å². The van der Waals surface area contributed by atoms with Crippen molar-refractivity contribution >= 4 is 6.21 Å². The highest BCUT2D eigenvalue weighted by Crippen LogP contribution is 2.06. The van der Waals surface area contributed by atoms with Crippen molar-refractivity contribution in [3.05, 3.63) is 225 Å². The summed E-state index contributed by atoms with van der Waals surface area (Å²) in [6.45, 7) is 18.7. The zero-order valence-electron chi connectivity index (χ0n) is 33.2. The lowest BCUT2D eigenvalue weighted by molar-refractivity contribution is 0.581. The summed E-state index contributed by atoms with van der Waals surface area (Å²) in [5, 5.41) is 0. The maximum Gasteiger partial charge on any atom is 0.126 e. The Kier molecular flexibility index (Phi) is 23.3. The molecule has 1 heterocycles. The van der Waals surface area contributed by atoms with E-state index in [2.05, 4.69) is 113 Å². The molecule has 0 aromatic heterocycles. The van der Waals surface area contributed by atoms with Gasteiger partial charge in [0.15, 0.2) is 0 Å². The average Bonchev–Trinajstić information content (AvgIpc) is 3.61. The topological polar surface area (TPSA) is 12.4 Å². The molecule has 0 bridgehead atoms. The van der Waals surface area contributed by atoms with Crippen molar-refractivity contribution in [3.8, 4) is 0 Å². The van der Waals surface area contributed by atoms with E-state index in [1.807, 2.05) is 43.5 Å². The van der Waals surface area contributed by atoms with Gasteiger partial charge in [-0.3, -0.25) is 4.99 Å². The second-order valence-corrected chi connectivity index (χ2v) is 12.8. The normalized spacial score (nSPS) is 10.3. The number of nitrogens with zero attached hydrogens (tertiary/aromatic N) is 1. The van der Waals surface area contributed by atoms with Crippen LogP contribution in [0.4, 0.5) is 17.6 Å². The molecule has 0 saturated carbocycles. The van der Waals surface area contributed by atoms with Crippen molar-refractivity contribution in [2.45, 2.75) is 62.3 Å². The molecule has 0 aliphatic carbocycles. The van der Waals surface area contributed by atoms with Gasteiger partial charge < -0.3 is 0 Å². The molecule has 1 aliphatic rings. The smallest absolute Gasteiger partial charge is 0.126 e. The SMILES string of the molecule is CC1=CCN=C1.Cc1cc(F)cc(F)c1.Cc1ccc(C)cc1.Cc1cccc(F)c1.Cc1ccccc1.Cc1ccccc1C.Cc1ccccc1F. The molecule has 0 unspecified atom stereocenters. The van der Waals surface area contributed by atoms with E-state index < -0.39 is 11.6 Å². The lowest BCUT2D eigenvalue weighted by atomic mass is 10.1. The third kappa shape index (κ3) is 23.8. The molecule has 6 aromatic carbocycles. The van der Waals surface area contributed by atoms with Gasteiger partial charge in [-0.25, -0.2) is 17.6 Å². The minimum atomic E-state index is -0.521. The summed E-state index contributed by atoms with van der Waals surface area (Å²) in [5.74, 6) is -1.34. The number of rotatable bonds is 0. The molecule has 0 N–H and O–H groups in total. The first-order chi connectivity index (χ1) is 25.7. The number of halogens is 4. The first-order valence-corrected chi connectivity index (χ1v) is 17.8. The van der Waals surface area contributed by atoms with Crippen molar-refractivity contribution in [1.82, 2.24) is 0 Å². The summed E-state index contributed by atoms with van der Waals surface area (Å²) in [5.41, 5.74) is 10.3. The molecule has 0 radical (unpaired) electrons. The molecule has 0 atom stereocenters. The van der Waals surface area contributed by atoms with E-state index in [1.165, 1.54) is 63.7 Å². The van der Waals surface area contributed by atoms with Crippen LogP contribution in [-0.2, 0) is 0 Å². The van der Waals surface area contributed by atoms with Crippen LogP contribution in [-0.4, -0.2) is 12.8 Å². The molecule has 1 aliphatic heterocycles. The van der Waals surface area contributed by atoms with Crippen molar-refractivity contribution in [3.63, 3.8) is 0 Å². The standard InChI is InChI=1S/2C8H10.C7H6F2.2C7H7F.C7H8.C5H7N/c1-7-3-5-8(2)6-4-7;1-7-5-3-4-6-8(7)2;1-5-2-6(8)4-7(9)3-5;1-6-3-2-4-7(8)5-6;1-6-4-2-3-5-7(6)8;1-7-5-3-2-4-6-7;1-5-2-3-6-4-5/h2*3-6H,1-2H3;2-4H,1H3;2*2-5H,1H3;2-6H,1H3;2,4H,3H2,1H3. The number of benzene rings is 6. The summed E-state index contributed by atoms with van der Waals surface area (Å²) in [7, 11) is 0. The van der Waals surface area contributed by atoms with Crippen LogP contribution >= 0.6 is 0 Å². The number of hydrogen-bond acceptors (Lipinski definition) is 1. The quantitative estimate of drug-likeness (QED) is 0.138. The number of aryl methyl sites for hydroxylation is 8. The van der Waals surface area contributed by atoms with Crippen LogP contribution in [0.2, 0.25) is 0 Å². The van der Waals surface area contributed by atoms with Gasteiger partial charge in [-0.2, -0.15) is 0 Å². The van der Waals surface area contributed by atoms with Crippen LogP contribution < -0.4 is 0 Å². The Balaban J connectivity index is 0.000000316. The van der Waals surface area contributed by atoms with Crippen LogP contribution in [0.3, 0.4) is 0 Å². The van der Waals surface area contributed by atoms with Crippen LogP contribution in [0.25, 0.3) is 0 Å². The number of aliphatic imine (C=N–C) groups is 1. The molecule has 1 nitrogen and oxygen atoms in total. The number of allylic oxidation sites excluding steroid dienone is 1. The van der Waals surface area contributed by atoms with Crippen LogP contribution in [0.1, 0.15) is 51.4 Å². The minimum Gasteiger partial charge on any atom is -0.289 e. The summed E-state index contributed by atoms with van der Waals surface area (Å²) in [6.07, 6.45) is 3.99. The molecule has 0 saturated heterocycles. The second-order valence-electron chi connectivity index (χ2n) is 12.8. The van der Waals surface area contributed by atoms with Gasteiger partial charge in [-0.15, -0.1) is 0 Å². The minimum absolute atomic E-state index is 0.132. The summed E-state index contributed by atoms with van der Waals surface area (Å²) in [4.78, 5) is 3.95. The molecular formula is C49H55F4N. The van der Waals surface area contributed by atoms with E-state index in [9.17, 15) is 17.6 Å². The van der Waals surface area contributed by atoms with Crippen LogP contribution in [0.5, 0.6) is 0 Å². The predicted molar refractivity (Wildman–Crippen MR) is 223 cm³/mol. The highest BCUT2D eigenvalue weighted by molar-refractivity contribution is 5.79. The Morgan fingerprint density at radius 2 is 0.796 bits per heavy atom. The Labute approximate surface area is 321 Å². The molecule has 0 fully saturated rings.